The van der Waals surface area contributed by atoms with Gasteiger partial charge in [-0.15, -0.1) is 0 Å². The SMILES string of the molecule is O=C(c1c[nH]c2cccc(Cl)c12)C1CCCC1. The van der Waals surface area contributed by atoms with Gasteiger partial charge in [0.2, 0.25) is 0 Å². The fourth-order valence-electron chi connectivity index (χ4n) is 2.74. The van der Waals surface area contributed by atoms with E-state index in [1.54, 1.807) is 6.20 Å². The Morgan fingerprint density at radius 2 is 2.06 bits per heavy atom. The van der Waals surface area contributed by atoms with Crippen molar-refractivity contribution in [2.24, 2.45) is 5.92 Å². The number of fused-ring (bicyclic) bond motifs is 1. The Balaban J connectivity index is 2.08. The summed E-state index contributed by atoms with van der Waals surface area (Å²) in [5.41, 5.74) is 1.70. The van der Waals surface area contributed by atoms with Gasteiger partial charge in [0.15, 0.2) is 5.78 Å². The van der Waals surface area contributed by atoms with Crippen molar-refractivity contribution in [2.75, 3.05) is 0 Å². The van der Waals surface area contributed by atoms with Crippen LogP contribution in [0.4, 0.5) is 0 Å². The average molecular weight is 248 g/mol. The molecule has 1 N–H and O–H groups in total. The molecule has 1 aliphatic rings. The van der Waals surface area contributed by atoms with Crippen LogP contribution < -0.4 is 0 Å². The number of benzene rings is 1. The number of rotatable bonds is 2. The number of halogens is 1. The van der Waals surface area contributed by atoms with Crippen LogP contribution in [0, 0.1) is 5.92 Å². The van der Waals surface area contributed by atoms with Crippen LogP contribution in [0.3, 0.4) is 0 Å². The largest absolute Gasteiger partial charge is 0.360 e. The van der Waals surface area contributed by atoms with Crippen molar-refractivity contribution in [3.8, 4) is 0 Å². The van der Waals surface area contributed by atoms with E-state index in [0.717, 1.165) is 29.3 Å². The molecular formula is C14H14ClNO. The standard InChI is InChI=1S/C14H14ClNO/c15-11-6-3-7-12-13(11)10(8-16-12)14(17)9-4-1-2-5-9/h3,6-9,16H,1-2,4-5H2. The van der Waals surface area contributed by atoms with Crippen LogP contribution in [-0.2, 0) is 0 Å². The van der Waals surface area contributed by atoms with Gasteiger partial charge < -0.3 is 4.98 Å². The highest BCUT2D eigenvalue weighted by atomic mass is 35.5. The minimum absolute atomic E-state index is 0.199. The lowest BCUT2D eigenvalue weighted by Crippen LogP contribution is -2.10. The van der Waals surface area contributed by atoms with Gasteiger partial charge >= 0.3 is 0 Å². The third-order valence-electron chi connectivity index (χ3n) is 3.65. The van der Waals surface area contributed by atoms with Crippen molar-refractivity contribution in [1.82, 2.24) is 4.98 Å². The van der Waals surface area contributed by atoms with Gasteiger partial charge in [0.1, 0.15) is 0 Å². The van der Waals surface area contributed by atoms with Crippen LogP contribution >= 0.6 is 11.6 Å². The zero-order chi connectivity index (χ0) is 11.8. The molecule has 0 radical (unpaired) electrons. The van der Waals surface area contributed by atoms with Crippen LogP contribution in [0.1, 0.15) is 36.0 Å². The maximum absolute atomic E-state index is 12.4. The summed E-state index contributed by atoms with van der Waals surface area (Å²) < 4.78 is 0. The third kappa shape index (κ3) is 1.77. The van der Waals surface area contributed by atoms with Crippen LogP contribution in [0.25, 0.3) is 10.9 Å². The quantitative estimate of drug-likeness (QED) is 0.793. The second-order valence-corrected chi connectivity index (χ2v) is 5.12. The lowest BCUT2D eigenvalue weighted by molar-refractivity contribution is 0.0924. The smallest absolute Gasteiger partial charge is 0.168 e. The second-order valence-electron chi connectivity index (χ2n) is 4.71. The predicted octanol–water partition coefficient (Wildman–Crippen LogP) is 4.19. The number of H-pyrrole nitrogens is 1. The molecule has 1 heterocycles. The number of aromatic amines is 1. The van der Waals surface area contributed by atoms with Gasteiger partial charge in [-0.2, -0.15) is 0 Å². The lowest BCUT2D eigenvalue weighted by Gasteiger charge is -2.06. The van der Waals surface area contributed by atoms with E-state index in [0.29, 0.717) is 5.02 Å². The Kier molecular flexibility index (Phi) is 2.67. The maximum Gasteiger partial charge on any atom is 0.168 e. The number of carbonyl (C=O) groups is 1. The van der Waals surface area contributed by atoms with E-state index in [2.05, 4.69) is 4.98 Å². The molecule has 0 aliphatic heterocycles. The Morgan fingerprint density at radius 1 is 1.29 bits per heavy atom. The molecule has 2 nitrogen and oxygen atoms in total. The number of Topliss-reactive ketones (excluding diaryl/α,β-unsaturated/α-hetero) is 1. The molecule has 0 bridgehead atoms. The first-order valence-corrected chi connectivity index (χ1v) is 6.45. The fourth-order valence-corrected chi connectivity index (χ4v) is 3.02. The van der Waals surface area contributed by atoms with Gasteiger partial charge in [0.25, 0.3) is 0 Å². The van der Waals surface area contributed by atoms with Gasteiger partial charge in [-0.3, -0.25) is 4.79 Å². The van der Waals surface area contributed by atoms with E-state index < -0.39 is 0 Å². The topological polar surface area (TPSA) is 32.9 Å². The summed E-state index contributed by atoms with van der Waals surface area (Å²) in [6.45, 7) is 0. The molecule has 0 unspecified atom stereocenters. The number of nitrogens with one attached hydrogen (secondary N) is 1. The molecule has 1 aromatic carbocycles. The molecule has 0 spiro atoms. The third-order valence-corrected chi connectivity index (χ3v) is 3.96. The number of aromatic nitrogens is 1. The Bertz CT molecular complexity index is 567. The average Bonchev–Trinajstić information content (AvgIpc) is 2.98. The zero-order valence-electron chi connectivity index (χ0n) is 9.50. The molecule has 3 heteroatoms. The van der Waals surface area contributed by atoms with E-state index in [1.807, 2.05) is 18.2 Å². The lowest BCUT2D eigenvalue weighted by atomic mass is 9.96. The predicted molar refractivity (Wildman–Crippen MR) is 69.6 cm³/mol. The number of carbonyl (C=O) groups excluding carboxylic acids is 1. The van der Waals surface area contributed by atoms with Gasteiger partial charge in [-0.1, -0.05) is 30.5 Å². The second kappa shape index (κ2) is 4.19. The van der Waals surface area contributed by atoms with Crippen LogP contribution in [0.2, 0.25) is 5.02 Å². The first-order chi connectivity index (χ1) is 8.27. The monoisotopic (exact) mass is 247 g/mol. The molecule has 0 atom stereocenters. The number of hydrogen-bond donors (Lipinski definition) is 1. The summed E-state index contributed by atoms with van der Waals surface area (Å²) >= 11 is 6.18. The molecule has 1 aromatic heterocycles. The Hall–Kier alpha value is -1.28. The van der Waals surface area contributed by atoms with Crippen LogP contribution in [0.5, 0.6) is 0 Å². The Labute approximate surface area is 105 Å². The highest BCUT2D eigenvalue weighted by Crippen LogP contribution is 2.33. The molecule has 0 amide bonds. The molecule has 1 saturated carbocycles. The first kappa shape index (κ1) is 10.8. The van der Waals surface area contributed by atoms with Crippen molar-refractivity contribution in [3.63, 3.8) is 0 Å². The molecular weight excluding hydrogens is 234 g/mol. The molecule has 88 valence electrons. The van der Waals surface area contributed by atoms with E-state index >= 15 is 0 Å². The molecule has 1 fully saturated rings. The zero-order valence-corrected chi connectivity index (χ0v) is 10.3. The van der Waals surface area contributed by atoms with Gasteiger partial charge in [0, 0.05) is 28.6 Å². The van der Waals surface area contributed by atoms with Crippen molar-refractivity contribution in [1.29, 1.82) is 0 Å². The summed E-state index contributed by atoms with van der Waals surface area (Å²) in [5, 5.41) is 1.54. The summed E-state index contributed by atoms with van der Waals surface area (Å²) in [6.07, 6.45) is 6.20. The highest BCUT2D eigenvalue weighted by molar-refractivity contribution is 6.37. The normalized spacial score (nSPS) is 16.8. The van der Waals surface area contributed by atoms with Crippen molar-refractivity contribution in [2.45, 2.75) is 25.7 Å². The van der Waals surface area contributed by atoms with E-state index in [1.165, 1.54) is 12.8 Å². The van der Waals surface area contributed by atoms with E-state index in [-0.39, 0.29) is 11.7 Å². The number of hydrogen-bond acceptors (Lipinski definition) is 1. The fraction of sp³-hybridized carbons (Fsp3) is 0.357. The number of ketones is 1. The Morgan fingerprint density at radius 3 is 2.82 bits per heavy atom. The molecule has 2 aromatic rings. The van der Waals surface area contributed by atoms with E-state index in [9.17, 15) is 4.79 Å². The van der Waals surface area contributed by atoms with Crippen LogP contribution in [-0.4, -0.2) is 10.8 Å². The molecule has 0 saturated heterocycles. The molecule has 1 aliphatic carbocycles. The van der Waals surface area contributed by atoms with Crippen molar-refractivity contribution < 1.29 is 4.79 Å². The first-order valence-electron chi connectivity index (χ1n) is 6.07. The molecule has 3 rings (SSSR count). The summed E-state index contributed by atoms with van der Waals surface area (Å²) in [5.74, 6) is 0.451. The highest BCUT2D eigenvalue weighted by Gasteiger charge is 2.26. The molecule has 17 heavy (non-hydrogen) atoms. The van der Waals surface area contributed by atoms with E-state index in [4.69, 9.17) is 11.6 Å². The summed E-state index contributed by atoms with van der Waals surface area (Å²) in [7, 11) is 0. The van der Waals surface area contributed by atoms with Gasteiger partial charge in [-0.05, 0) is 25.0 Å². The van der Waals surface area contributed by atoms with Crippen molar-refractivity contribution >= 4 is 28.3 Å². The minimum Gasteiger partial charge on any atom is -0.360 e. The summed E-state index contributed by atoms with van der Waals surface area (Å²) in [6, 6.07) is 5.68. The van der Waals surface area contributed by atoms with Gasteiger partial charge in [-0.25, -0.2) is 0 Å². The maximum atomic E-state index is 12.4. The summed E-state index contributed by atoms with van der Waals surface area (Å²) in [4.78, 5) is 15.5. The van der Waals surface area contributed by atoms with Crippen LogP contribution in [0.15, 0.2) is 24.4 Å². The van der Waals surface area contributed by atoms with Crippen molar-refractivity contribution in [3.05, 3.63) is 35.0 Å². The minimum atomic E-state index is 0.199. The van der Waals surface area contributed by atoms with Gasteiger partial charge in [0.05, 0.1) is 5.02 Å².